The molecular weight excluding hydrogens is 338 g/mol. The van der Waals surface area contributed by atoms with Gasteiger partial charge in [0.15, 0.2) is 5.79 Å². The van der Waals surface area contributed by atoms with E-state index in [4.69, 9.17) is 14.2 Å². The van der Waals surface area contributed by atoms with E-state index in [9.17, 15) is 14.7 Å². The summed E-state index contributed by atoms with van der Waals surface area (Å²) in [5, 5.41) is 10.5. The van der Waals surface area contributed by atoms with E-state index in [2.05, 4.69) is 0 Å². The van der Waals surface area contributed by atoms with Gasteiger partial charge in [-0.1, -0.05) is 37.3 Å². The number of carbonyl (C=O) groups is 2. The number of ether oxygens (including phenoxy) is 3. The van der Waals surface area contributed by atoms with Crippen LogP contribution in [0.25, 0.3) is 0 Å². The van der Waals surface area contributed by atoms with Crippen LogP contribution >= 0.6 is 0 Å². The Kier molecular flexibility index (Phi) is 5.32. The van der Waals surface area contributed by atoms with E-state index < -0.39 is 35.9 Å². The SMILES string of the molecule is C[C@@H](C(=O)N1C(=O)OC[C@H]1Cc1ccccc1)[C@@H](O)[C@H]1COC(C)(C)O1. The third-order valence-electron chi connectivity index (χ3n) is 4.83. The summed E-state index contributed by atoms with van der Waals surface area (Å²) in [7, 11) is 0. The fourth-order valence-corrected chi connectivity index (χ4v) is 3.34. The van der Waals surface area contributed by atoms with Crippen molar-refractivity contribution >= 4 is 12.0 Å². The minimum Gasteiger partial charge on any atom is -0.447 e. The van der Waals surface area contributed by atoms with E-state index in [0.29, 0.717) is 6.42 Å². The zero-order valence-corrected chi connectivity index (χ0v) is 15.3. The zero-order valence-electron chi connectivity index (χ0n) is 15.3. The van der Waals surface area contributed by atoms with Gasteiger partial charge in [0.2, 0.25) is 5.91 Å². The number of amides is 2. The van der Waals surface area contributed by atoms with Crippen LogP contribution in [0.4, 0.5) is 4.79 Å². The number of cyclic esters (lactones) is 1. The molecule has 0 radical (unpaired) electrons. The maximum Gasteiger partial charge on any atom is 0.416 e. The number of imide groups is 1. The maximum absolute atomic E-state index is 12.9. The van der Waals surface area contributed by atoms with Crippen molar-refractivity contribution in [2.24, 2.45) is 5.92 Å². The average molecular weight is 363 g/mol. The molecule has 7 nitrogen and oxygen atoms in total. The summed E-state index contributed by atoms with van der Waals surface area (Å²) < 4.78 is 16.2. The lowest BCUT2D eigenvalue weighted by Gasteiger charge is -2.28. The molecule has 142 valence electrons. The number of aliphatic hydroxyl groups is 1. The Bertz CT molecular complexity index is 661. The van der Waals surface area contributed by atoms with Gasteiger partial charge in [0.25, 0.3) is 0 Å². The summed E-state index contributed by atoms with van der Waals surface area (Å²) in [6.07, 6.45) is -1.85. The first-order valence-electron chi connectivity index (χ1n) is 8.82. The zero-order chi connectivity index (χ0) is 18.9. The Balaban J connectivity index is 1.69. The molecule has 0 aromatic heterocycles. The number of hydrogen-bond acceptors (Lipinski definition) is 6. The molecule has 0 saturated carbocycles. The summed E-state index contributed by atoms with van der Waals surface area (Å²) in [6.45, 7) is 5.44. The van der Waals surface area contributed by atoms with Gasteiger partial charge in [0.05, 0.1) is 24.7 Å². The van der Waals surface area contributed by atoms with Gasteiger partial charge >= 0.3 is 6.09 Å². The highest BCUT2D eigenvalue weighted by atomic mass is 16.7. The third-order valence-corrected chi connectivity index (χ3v) is 4.83. The summed E-state index contributed by atoms with van der Waals surface area (Å²) in [5.74, 6) is -2.08. The van der Waals surface area contributed by atoms with E-state index in [0.717, 1.165) is 10.5 Å². The molecule has 0 unspecified atom stereocenters. The number of nitrogens with zero attached hydrogens (tertiary/aromatic N) is 1. The highest BCUT2D eigenvalue weighted by molar-refractivity contribution is 5.95. The lowest BCUT2D eigenvalue weighted by atomic mass is 9.97. The maximum atomic E-state index is 12.9. The van der Waals surface area contributed by atoms with Gasteiger partial charge in [-0.15, -0.1) is 0 Å². The molecule has 0 aliphatic carbocycles. The summed E-state index contributed by atoms with van der Waals surface area (Å²) in [4.78, 5) is 26.1. The van der Waals surface area contributed by atoms with Crippen molar-refractivity contribution in [1.82, 2.24) is 4.90 Å². The van der Waals surface area contributed by atoms with E-state index in [1.54, 1.807) is 20.8 Å². The van der Waals surface area contributed by atoms with Crippen molar-refractivity contribution in [2.45, 2.75) is 51.2 Å². The van der Waals surface area contributed by atoms with Gasteiger partial charge in [-0.05, 0) is 25.8 Å². The minimum atomic E-state index is -1.07. The van der Waals surface area contributed by atoms with Crippen LogP contribution in [0.1, 0.15) is 26.3 Å². The predicted octanol–water partition coefficient (Wildman–Crippen LogP) is 1.72. The van der Waals surface area contributed by atoms with Gasteiger partial charge in [0, 0.05) is 0 Å². The fourth-order valence-electron chi connectivity index (χ4n) is 3.34. The first-order valence-corrected chi connectivity index (χ1v) is 8.82. The summed E-state index contributed by atoms with van der Waals surface area (Å²) in [5.41, 5.74) is 1.01. The Morgan fingerprint density at radius 2 is 2.00 bits per heavy atom. The van der Waals surface area contributed by atoms with E-state index in [-0.39, 0.29) is 19.3 Å². The van der Waals surface area contributed by atoms with Crippen molar-refractivity contribution in [3.8, 4) is 0 Å². The van der Waals surface area contributed by atoms with Crippen LogP contribution in [0, 0.1) is 5.92 Å². The molecule has 4 atom stereocenters. The normalized spacial score (nSPS) is 27.2. The third kappa shape index (κ3) is 3.90. The molecule has 1 aromatic rings. The Morgan fingerprint density at radius 1 is 1.31 bits per heavy atom. The second kappa shape index (κ2) is 7.34. The summed E-state index contributed by atoms with van der Waals surface area (Å²) >= 11 is 0. The second-order valence-corrected chi connectivity index (χ2v) is 7.28. The minimum absolute atomic E-state index is 0.151. The van der Waals surface area contributed by atoms with E-state index in [1.807, 2.05) is 30.3 Å². The van der Waals surface area contributed by atoms with Gasteiger partial charge in [-0.25, -0.2) is 9.69 Å². The fraction of sp³-hybridized carbons (Fsp3) is 0.579. The van der Waals surface area contributed by atoms with E-state index in [1.165, 1.54) is 0 Å². The van der Waals surface area contributed by atoms with Crippen LogP contribution < -0.4 is 0 Å². The van der Waals surface area contributed by atoms with Crippen LogP contribution in [0.3, 0.4) is 0 Å². The van der Waals surface area contributed by atoms with Gasteiger partial charge < -0.3 is 19.3 Å². The lowest BCUT2D eigenvalue weighted by molar-refractivity contribution is -0.161. The number of carbonyl (C=O) groups excluding carboxylic acids is 2. The molecule has 26 heavy (non-hydrogen) atoms. The van der Waals surface area contributed by atoms with Gasteiger partial charge in [-0.3, -0.25) is 4.79 Å². The largest absolute Gasteiger partial charge is 0.447 e. The molecule has 1 N–H and O–H groups in total. The Hall–Kier alpha value is -1.96. The number of benzene rings is 1. The van der Waals surface area contributed by atoms with Crippen LogP contribution in [-0.4, -0.2) is 59.3 Å². The second-order valence-electron chi connectivity index (χ2n) is 7.28. The molecule has 0 spiro atoms. The van der Waals surface area contributed by atoms with Crippen LogP contribution in [0.5, 0.6) is 0 Å². The number of hydrogen-bond donors (Lipinski definition) is 1. The number of aliphatic hydroxyl groups excluding tert-OH is 1. The highest BCUT2D eigenvalue weighted by Crippen LogP contribution is 2.28. The van der Waals surface area contributed by atoms with Crippen LogP contribution in [0.2, 0.25) is 0 Å². The van der Waals surface area contributed by atoms with Gasteiger partial charge in [-0.2, -0.15) is 0 Å². The molecule has 7 heteroatoms. The first kappa shape index (κ1) is 18.8. The molecule has 2 fully saturated rings. The van der Waals surface area contributed by atoms with Crippen molar-refractivity contribution in [3.63, 3.8) is 0 Å². The highest BCUT2D eigenvalue weighted by Gasteiger charge is 2.45. The topological polar surface area (TPSA) is 85.3 Å². The average Bonchev–Trinajstić information content (AvgIpc) is 3.16. The van der Waals surface area contributed by atoms with Crippen LogP contribution in [0.15, 0.2) is 30.3 Å². The van der Waals surface area contributed by atoms with Crippen molar-refractivity contribution in [2.75, 3.05) is 13.2 Å². The quantitative estimate of drug-likeness (QED) is 0.857. The molecule has 2 heterocycles. The number of rotatable bonds is 5. The molecule has 0 bridgehead atoms. The molecule has 3 rings (SSSR count). The molecule has 1 aromatic carbocycles. The Morgan fingerprint density at radius 3 is 2.62 bits per heavy atom. The van der Waals surface area contributed by atoms with Crippen molar-refractivity contribution in [1.29, 1.82) is 0 Å². The van der Waals surface area contributed by atoms with Crippen molar-refractivity contribution in [3.05, 3.63) is 35.9 Å². The first-order chi connectivity index (χ1) is 12.3. The van der Waals surface area contributed by atoms with E-state index >= 15 is 0 Å². The van der Waals surface area contributed by atoms with Gasteiger partial charge in [0.1, 0.15) is 12.7 Å². The lowest BCUT2D eigenvalue weighted by Crippen LogP contribution is -2.48. The standard InChI is InChI=1S/C19H25NO6/c1-12(16(21)15-11-25-19(2,3)26-15)17(22)20-14(10-24-18(20)23)9-13-7-5-4-6-8-13/h4-8,12,14-16,21H,9-11H2,1-3H3/t12-,14-,15-,16-/m1/s1. The monoisotopic (exact) mass is 363 g/mol. The molecule has 2 aliphatic rings. The molecule has 2 saturated heterocycles. The Labute approximate surface area is 152 Å². The van der Waals surface area contributed by atoms with Crippen molar-refractivity contribution < 1.29 is 28.9 Å². The smallest absolute Gasteiger partial charge is 0.416 e. The molecular formula is C19H25NO6. The predicted molar refractivity (Wildman–Crippen MR) is 92.2 cm³/mol. The van der Waals surface area contributed by atoms with Crippen LogP contribution in [-0.2, 0) is 25.4 Å². The molecule has 2 amide bonds. The molecule has 2 aliphatic heterocycles. The summed E-state index contributed by atoms with van der Waals surface area (Å²) in [6, 6.07) is 9.22.